The molecule has 0 amide bonds. The van der Waals surface area contributed by atoms with Gasteiger partial charge in [0.2, 0.25) is 0 Å². The smallest absolute Gasteiger partial charge is 0.0741 e. The highest BCUT2D eigenvalue weighted by atomic mass is 14.9. The van der Waals surface area contributed by atoms with E-state index in [1.165, 1.54) is 16.7 Å². The lowest BCUT2D eigenvalue weighted by Crippen LogP contribution is -2.36. The second-order valence-corrected chi connectivity index (χ2v) is 6.68. The zero-order chi connectivity index (χ0) is 18.7. The van der Waals surface area contributed by atoms with Gasteiger partial charge in [0.15, 0.2) is 0 Å². The highest BCUT2D eigenvalue weighted by Gasteiger charge is 2.43. The molecule has 0 saturated heterocycles. The maximum atomic E-state index is 4.20. The van der Waals surface area contributed by atoms with Gasteiger partial charge < -0.3 is 5.32 Å². The first kappa shape index (κ1) is 17.1. The normalized spacial score (nSPS) is 15.3. The van der Waals surface area contributed by atoms with Gasteiger partial charge in [0, 0.05) is 11.4 Å². The molecule has 4 rings (SSSR count). The van der Waals surface area contributed by atoms with Crippen molar-refractivity contribution in [2.45, 2.75) is 12.3 Å². The Labute approximate surface area is 161 Å². The van der Waals surface area contributed by atoms with Gasteiger partial charge in [-0.05, 0) is 41.3 Å². The molecule has 0 saturated carbocycles. The highest BCUT2D eigenvalue weighted by Crippen LogP contribution is 2.51. The third-order valence-corrected chi connectivity index (χ3v) is 5.25. The zero-order valence-electron chi connectivity index (χ0n) is 15.5. The Bertz CT molecular complexity index is 971. The van der Waals surface area contributed by atoms with Crippen LogP contribution in [0.2, 0.25) is 0 Å². The van der Waals surface area contributed by atoms with E-state index in [1.807, 2.05) is 13.0 Å². The second kappa shape index (κ2) is 7.13. The van der Waals surface area contributed by atoms with Gasteiger partial charge in [0.25, 0.3) is 0 Å². The minimum atomic E-state index is -0.416. The van der Waals surface area contributed by atoms with Crippen molar-refractivity contribution in [1.29, 1.82) is 0 Å². The molecule has 0 fully saturated rings. The Hall–Kier alpha value is -3.32. The lowest BCUT2D eigenvalue weighted by molar-refractivity contribution is 0.729. The van der Waals surface area contributed by atoms with Crippen molar-refractivity contribution in [2.75, 3.05) is 5.32 Å². The van der Waals surface area contributed by atoms with Crippen LogP contribution in [0.25, 0.3) is 0 Å². The molecule has 27 heavy (non-hydrogen) atoms. The van der Waals surface area contributed by atoms with E-state index in [1.54, 1.807) is 0 Å². The number of anilines is 1. The minimum absolute atomic E-state index is 0.416. The molecule has 0 unspecified atom stereocenters. The van der Waals surface area contributed by atoms with Gasteiger partial charge in [0.1, 0.15) is 0 Å². The summed E-state index contributed by atoms with van der Waals surface area (Å²) in [6, 6.07) is 30.0. The van der Waals surface area contributed by atoms with E-state index >= 15 is 0 Å². The molecule has 1 aliphatic heterocycles. The van der Waals surface area contributed by atoms with Crippen molar-refractivity contribution in [3.05, 3.63) is 138 Å². The average Bonchev–Trinajstić information content (AvgIpc) is 2.74. The van der Waals surface area contributed by atoms with E-state index in [4.69, 9.17) is 0 Å². The summed E-state index contributed by atoms with van der Waals surface area (Å²) in [7, 11) is 0. The van der Waals surface area contributed by atoms with E-state index in [0.29, 0.717) is 0 Å². The number of para-hydroxylation sites is 1. The van der Waals surface area contributed by atoms with E-state index in [-0.39, 0.29) is 0 Å². The minimum Gasteiger partial charge on any atom is -0.355 e. The average molecular weight is 349 g/mol. The van der Waals surface area contributed by atoms with Gasteiger partial charge in [-0.3, -0.25) is 0 Å². The Morgan fingerprint density at radius 2 is 1.33 bits per heavy atom. The Morgan fingerprint density at radius 3 is 1.89 bits per heavy atom. The van der Waals surface area contributed by atoms with Gasteiger partial charge >= 0.3 is 0 Å². The van der Waals surface area contributed by atoms with E-state index in [9.17, 15) is 0 Å². The molecular weight excluding hydrogens is 326 g/mol. The van der Waals surface area contributed by atoms with Gasteiger partial charge in [-0.15, -0.1) is 0 Å². The van der Waals surface area contributed by atoms with Crippen LogP contribution >= 0.6 is 0 Å². The van der Waals surface area contributed by atoms with Crippen molar-refractivity contribution >= 4 is 5.69 Å². The summed E-state index contributed by atoms with van der Waals surface area (Å²) in [5.74, 6) is 0. The van der Waals surface area contributed by atoms with Gasteiger partial charge in [-0.1, -0.05) is 97.6 Å². The van der Waals surface area contributed by atoms with Crippen molar-refractivity contribution in [1.82, 2.24) is 0 Å². The fraction of sp³-hybridized carbons (Fsp3) is 0.0769. The first-order chi connectivity index (χ1) is 13.3. The van der Waals surface area contributed by atoms with Crippen LogP contribution in [-0.2, 0) is 5.41 Å². The molecule has 0 bridgehead atoms. The quantitative estimate of drug-likeness (QED) is 0.570. The van der Waals surface area contributed by atoms with Gasteiger partial charge in [0.05, 0.1) is 5.41 Å². The Morgan fingerprint density at radius 1 is 0.778 bits per heavy atom. The van der Waals surface area contributed by atoms with Crippen molar-refractivity contribution < 1.29 is 0 Å². The maximum absolute atomic E-state index is 4.20. The summed E-state index contributed by atoms with van der Waals surface area (Å²) < 4.78 is 0. The van der Waals surface area contributed by atoms with Crippen molar-refractivity contribution in [3.63, 3.8) is 0 Å². The summed E-state index contributed by atoms with van der Waals surface area (Å²) in [5, 5.41) is 3.61. The van der Waals surface area contributed by atoms with Crippen LogP contribution in [0, 0.1) is 0 Å². The molecule has 3 aromatic carbocycles. The van der Waals surface area contributed by atoms with Gasteiger partial charge in [-0.25, -0.2) is 0 Å². The SMILES string of the molecule is C=CC1=C(/C=C\C)Nc2ccccc2C1(c1ccccc1)c1ccccc1. The van der Waals surface area contributed by atoms with Crippen LogP contribution in [0.15, 0.2) is 121 Å². The fourth-order valence-corrected chi connectivity index (χ4v) is 4.20. The first-order valence-corrected chi connectivity index (χ1v) is 9.29. The molecule has 1 aliphatic rings. The summed E-state index contributed by atoms with van der Waals surface area (Å²) in [4.78, 5) is 0. The molecule has 0 radical (unpaired) electrons. The summed E-state index contributed by atoms with van der Waals surface area (Å²) in [6.07, 6.45) is 6.20. The standard InChI is InChI=1S/C26H23N/c1-3-13-24-22(4-2)26(20-14-7-5-8-15-20,21-16-9-6-10-17-21)23-18-11-12-19-25(23)27-24/h3-19,27H,2H2,1H3/b13-3-. The fourth-order valence-electron chi connectivity index (χ4n) is 4.20. The van der Waals surface area contributed by atoms with E-state index < -0.39 is 5.41 Å². The predicted molar refractivity (Wildman–Crippen MR) is 115 cm³/mol. The maximum Gasteiger partial charge on any atom is 0.0741 e. The molecular formula is C26H23N. The molecule has 1 nitrogen and oxygen atoms in total. The van der Waals surface area contributed by atoms with Crippen molar-refractivity contribution in [2.24, 2.45) is 0 Å². The molecule has 0 spiro atoms. The molecule has 3 aromatic rings. The summed E-state index contributed by atoms with van der Waals surface area (Å²) in [5.41, 5.74) is 6.68. The summed E-state index contributed by atoms with van der Waals surface area (Å²) >= 11 is 0. The molecule has 0 aliphatic carbocycles. The van der Waals surface area contributed by atoms with Gasteiger partial charge in [-0.2, -0.15) is 0 Å². The third kappa shape index (κ3) is 2.63. The lowest BCUT2D eigenvalue weighted by atomic mass is 9.62. The number of rotatable bonds is 4. The van der Waals surface area contributed by atoms with Crippen LogP contribution in [0.1, 0.15) is 23.6 Å². The highest BCUT2D eigenvalue weighted by molar-refractivity contribution is 5.76. The number of fused-ring (bicyclic) bond motifs is 1. The lowest BCUT2D eigenvalue weighted by Gasteiger charge is -2.42. The molecule has 0 aromatic heterocycles. The number of hydrogen-bond acceptors (Lipinski definition) is 1. The number of nitrogens with one attached hydrogen (secondary N) is 1. The first-order valence-electron chi connectivity index (χ1n) is 9.29. The van der Waals surface area contributed by atoms with Crippen LogP contribution in [0.5, 0.6) is 0 Å². The van der Waals surface area contributed by atoms with E-state index in [0.717, 1.165) is 17.0 Å². The largest absolute Gasteiger partial charge is 0.355 e. The molecule has 1 heteroatoms. The molecule has 132 valence electrons. The summed E-state index contributed by atoms with van der Waals surface area (Å²) in [6.45, 7) is 6.25. The second-order valence-electron chi connectivity index (χ2n) is 6.68. The van der Waals surface area contributed by atoms with Crippen LogP contribution in [0.3, 0.4) is 0 Å². The predicted octanol–water partition coefficient (Wildman–Crippen LogP) is 6.46. The number of hydrogen-bond donors (Lipinski definition) is 1. The van der Waals surface area contributed by atoms with Crippen LogP contribution in [-0.4, -0.2) is 0 Å². The monoisotopic (exact) mass is 349 g/mol. The topological polar surface area (TPSA) is 12.0 Å². The molecule has 0 atom stereocenters. The third-order valence-electron chi connectivity index (χ3n) is 5.25. The van der Waals surface area contributed by atoms with Crippen LogP contribution in [0.4, 0.5) is 5.69 Å². The van der Waals surface area contributed by atoms with Crippen molar-refractivity contribution in [3.8, 4) is 0 Å². The molecule has 1 heterocycles. The van der Waals surface area contributed by atoms with E-state index in [2.05, 4.69) is 109 Å². The zero-order valence-corrected chi connectivity index (χ0v) is 15.5. The Kier molecular flexibility index (Phi) is 4.52. The van der Waals surface area contributed by atoms with Crippen LogP contribution < -0.4 is 5.32 Å². The number of benzene rings is 3. The number of allylic oxidation sites excluding steroid dienone is 4. The Balaban J connectivity index is 2.19. The molecule has 1 N–H and O–H groups in total.